The van der Waals surface area contributed by atoms with Gasteiger partial charge in [0.15, 0.2) is 6.19 Å². The zero-order valence-corrected chi connectivity index (χ0v) is 17.1. The Morgan fingerprint density at radius 3 is 2.73 bits per heavy atom. The van der Waals surface area contributed by atoms with E-state index in [2.05, 4.69) is 33.8 Å². The highest BCUT2D eigenvalue weighted by Crippen LogP contribution is 2.35. The van der Waals surface area contributed by atoms with E-state index < -0.39 is 5.97 Å². The van der Waals surface area contributed by atoms with Gasteiger partial charge in [0.25, 0.3) is 0 Å². The Hall–Kier alpha value is -3.40. The number of aryl methyl sites for hydroxylation is 1. The number of hydrogen-bond donors (Lipinski definition) is 1. The molecule has 0 atom stereocenters. The van der Waals surface area contributed by atoms with E-state index in [4.69, 9.17) is 5.26 Å². The van der Waals surface area contributed by atoms with Crippen molar-refractivity contribution in [2.24, 2.45) is 0 Å². The van der Waals surface area contributed by atoms with Crippen molar-refractivity contribution in [3.63, 3.8) is 0 Å². The Morgan fingerprint density at radius 2 is 2.03 bits per heavy atom. The summed E-state index contributed by atoms with van der Waals surface area (Å²) in [6.45, 7) is 4.69. The van der Waals surface area contributed by atoms with Gasteiger partial charge in [0, 0.05) is 37.4 Å². The molecule has 1 aliphatic rings. The lowest BCUT2D eigenvalue weighted by Crippen LogP contribution is -2.28. The van der Waals surface area contributed by atoms with E-state index in [1.54, 1.807) is 6.07 Å². The van der Waals surface area contributed by atoms with Crippen molar-refractivity contribution in [3.05, 3.63) is 47.9 Å². The van der Waals surface area contributed by atoms with Gasteiger partial charge in [-0.15, -0.1) is 0 Å². The van der Waals surface area contributed by atoms with Crippen LogP contribution in [0.4, 0.5) is 0 Å². The summed E-state index contributed by atoms with van der Waals surface area (Å²) in [4.78, 5) is 22.1. The van der Waals surface area contributed by atoms with E-state index in [9.17, 15) is 9.90 Å². The predicted octanol–water partition coefficient (Wildman–Crippen LogP) is 4.26. The molecule has 7 nitrogen and oxygen atoms in total. The molecular formula is C23H25N5O2. The molecule has 3 aromatic heterocycles. The number of aromatic nitrogens is 3. The number of carboxylic acid groups (broad SMARTS) is 1. The average molecular weight is 403 g/mol. The van der Waals surface area contributed by atoms with Gasteiger partial charge in [0.05, 0.1) is 28.7 Å². The molecular weight excluding hydrogens is 378 g/mol. The summed E-state index contributed by atoms with van der Waals surface area (Å²) in [6, 6.07) is 5.09. The van der Waals surface area contributed by atoms with Crippen LogP contribution in [0.25, 0.3) is 22.3 Å². The van der Waals surface area contributed by atoms with Gasteiger partial charge in [-0.25, -0.2) is 4.79 Å². The maximum atomic E-state index is 11.3. The molecule has 0 amide bonds. The highest BCUT2D eigenvalue weighted by molar-refractivity contribution is 5.90. The summed E-state index contributed by atoms with van der Waals surface area (Å²) in [5.41, 5.74) is 3.82. The summed E-state index contributed by atoms with van der Waals surface area (Å²) in [7, 11) is 0. The molecule has 1 fully saturated rings. The van der Waals surface area contributed by atoms with Gasteiger partial charge in [-0.3, -0.25) is 9.97 Å². The minimum absolute atomic E-state index is 0.200. The molecule has 0 saturated carbocycles. The molecule has 4 heterocycles. The number of piperidine rings is 1. The van der Waals surface area contributed by atoms with Crippen LogP contribution < -0.4 is 0 Å². The van der Waals surface area contributed by atoms with Crippen molar-refractivity contribution >= 4 is 16.9 Å². The number of likely N-dealkylation sites (tertiary alicyclic amines) is 1. The van der Waals surface area contributed by atoms with E-state index >= 15 is 0 Å². The first-order valence-electron chi connectivity index (χ1n) is 10.4. The number of nitriles is 1. The number of fused-ring (bicyclic) bond motifs is 1. The largest absolute Gasteiger partial charge is 0.478 e. The molecule has 4 rings (SSSR count). The SMILES string of the molecule is CCCCn1cc(C2CCN(C#N)CC2)c2cc(-c3cc(C(=O)O)ccn3)ncc21. The number of pyridine rings is 2. The van der Waals surface area contributed by atoms with Crippen LogP contribution in [0.15, 0.2) is 36.8 Å². The van der Waals surface area contributed by atoms with Crippen molar-refractivity contribution in [2.75, 3.05) is 13.1 Å². The second-order valence-corrected chi connectivity index (χ2v) is 7.81. The molecule has 30 heavy (non-hydrogen) atoms. The smallest absolute Gasteiger partial charge is 0.335 e. The summed E-state index contributed by atoms with van der Waals surface area (Å²) in [6.07, 6.45) is 12.0. The predicted molar refractivity (Wildman–Crippen MR) is 114 cm³/mol. The zero-order valence-electron chi connectivity index (χ0n) is 17.1. The Labute approximate surface area is 175 Å². The number of carboxylic acids is 1. The summed E-state index contributed by atoms with van der Waals surface area (Å²) in [5, 5.41) is 19.6. The number of rotatable bonds is 6. The molecule has 0 aliphatic carbocycles. The molecule has 1 N–H and O–H groups in total. The standard InChI is InChI=1S/C23H25N5O2/c1-2-3-8-28-14-19(16-5-9-27(15-24)10-6-16)18-12-21(26-13-22(18)28)20-11-17(23(29)30)4-7-25-20/h4,7,11-14,16H,2-3,5-6,8-10H2,1H3,(H,29,30). The van der Waals surface area contributed by atoms with Crippen molar-refractivity contribution in [1.29, 1.82) is 5.26 Å². The van der Waals surface area contributed by atoms with E-state index in [1.165, 1.54) is 17.8 Å². The average Bonchev–Trinajstić information content (AvgIpc) is 3.15. The third kappa shape index (κ3) is 3.86. The Balaban J connectivity index is 1.76. The third-order valence-electron chi connectivity index (χ3n) is 5.90. The first kappa shape index (κ1) is 19.9. The van der Waals surface area contributed by atoms with Crippen LogP contribution in [0, 0.1) is 11.5 Å². The summed E-state index contributed by atoms with van der Waals surface area (Å²) < 4.78 is 2.28. The highest BCUT2D eigenvalue weighted by atomic mass is 16.4. The summed E-state index contributed by atoms with van der Waals surface area (Å²) in [5.74, 6) is -0.580. The van der Waals surface area contributed by atoms with E-state index in [1.807, 2.05) is 17.2 Å². The van der Waals surface area contributed by atoms with Crippen molar-refractivity contribution in [1.82, 2.24) is 19.4 Å². The van der Waals surface area contributed by atoms with Gasteiger partial charge in [-0.05, 0) is 48.9 Å². The second kappa shape index (κ2) is 8.54. The van der Waals surface area contributed by atoms with Crippen LogP contribution >= 0.6 is 0 Å². The minimum atomic E-state index is -0.976. The maximum Gasteiger partial charge on any atom is 0.335 e. The minimum Gasteiger partial charge on any atom is -0.478 e. The molecule has 3 aromatic rings. The fourth-order valence-corrected chi connectivity index (χ4v) is 4.19. The second-order valence-electron chi connectivity index (χ2n) is 7.81. The zero-order chi connectivity index (χ0) is 21.1. The Bertz CT molecular complexity index is 1110. The third-order valence-corrected chi connectivity index (χ3v) is 5.90. The van der Waals surface area contributed by atoms with Gasteiger partial charge < -0.3 is 14.6 Å². The quantitative estimate of drug-likeness (QED) is 0.618. The number of nitrogens with zero attached hydrogens (tertiary/aromatic N) is 5. The van der Waals surface area contributed by atoms with Crippen LogP contribution in [0.1, 0.15) is 54.4 Å². The first-order valence-corrected chi connectivity index (χ1v) is 10.4. The van der Waals surface area contributed by atoms with Crippen LogP contribution in [-0.2, 0) is 6.54 Å². The number of unbranched alkanes of at least 4 members (excludes halogenated alkanes) is 1. The highest BCUT2D eigenvalue weighted by Gasteiger charge is 2.24. The van der Waals surface area contributed by atoms with Crippen molar-refractivity contribution in [2.45, 2.75) is 45.1 Å². The molecule has 0 radical (unpaired) electrons. The number of carbonyl (C=O) groups is 1. The van der Waals surface area contributed by atoms with Gasteiger partial charge in [-0.2, -0.15) is 5.26 Å². The molecule has 0 spiro atoms. The lowest BCUT2D eigenvalue weighted by atomic mass is 9.89. The Kier molecular flexibility index (Phi) is 5.66. The van der Waals surface area contributed by atoms with Crippen LogP contribution in [0.2, 0.25) is 0 Å². The van der Waals surface area contributed by atoms with Gasteiger partial charge in [0.1, 0.15) is 0 Å². The molecule has 0 aromatic carbocycles. The topological polar surface area (TPSA) is 95.0 Å². The first-order chi connectivity index (χ1) is 14.6. The van der Waals surface area contributed by atoms with E-state index in [-0.39, 0.29) is 5.56 Å². The fourth-order valence-electron chi connectivity index (χ4n) is 4.19. The van der Waals surface area contributed by atoms with Crippen molar-refractivity contribution in [3.8, 4) is 17.6 Å². The molecule has 1 saturated heterocycles. The molecule has 1 aliphatic heterocycles. The Morgan fingerprint density at radius 1 is 1.27 bits per heavy atom. The van der Waals surface area contributed by atoms with E-state index in [0.717, 1.165) is 56.2 Å². The van der Waals surface area contributed by atoms with E-state index in [0.29, 0.717) is 17.3 Å². The van der Waals surface area contributed by atoms with Gasteiger partial charge in [-0.1, -0.05) is 13.3 Å². The summed E-state index contributed by atoms with van der Waals surface area (Å²) >= 11 is 0. The number of hydrogen-bond acceptors (Lipinski definition) is 5. The lowest BCUT2D eigenvalue weighted by molar-refractivity contribution is 0.0697. The molecule has 7 heteroatoms. The fraction of sp³-hybridized carbons (Fsp3) is 0.391. The normalized spacial score (nSPS) is 14.7. The van der Waals surface area contributed by atoms with Crippen LogP contribution in [0.3, 0.4) is 0 Å². The van der Waals surface area contributed by atoms with Gasteiger partial charge >= 0.3 is 5.97 Å². The van der Waals surface area contributed by atoms with Gasteiger partial charge in [0.2, 0.25) is 0 Å². The molecule has 0 unspecified atom stereocenters. The molecule has 0 bridgehead atoms. The molecule has 154 valence electrons. The maximum absolute atomic E-state index is 11.3. The number of aromatic carboxylic acids is 1. The van der Waals surface area contributed by atoms with Crippen LogP contribution in [-0.4, -0.2) is 43.6 Å². The monoisotopic (exact) mass is 403 g/mol. The van der Waals surface area contributed by atoms with Crippen molar-refractivity contribution < 1.29 is 9.90 Å². The lowest BCUT2D eigenvalue weighted by Gasteiger charge is -2.27. The van der Waals surface area contributed by atoms with Crippen LogP contribution in [0.5, 0.6) is 0 Å².